The molecule has 1 heterocycles. The highest BCUT2D eigenvalue weighted by atomic mass is 32.1. The zero-order valence-corrected chi connectivity index (χ0v) is 19.1. The Balaban J connectivity index is 2.55. The van der Waals surface area contributed by atoms with Crippen LogP contribution in [0.4, 0.5) is 5.69 Å². The van der Waals surface area contributed by atoms with E-state index in [9.17, 15) is 24.6 Å². The molecule has 1 aromatic rings. The number of amides is 1. The van der Waals surface area contributed by atoms with Crippen molar-refractivity contribution in [1.29, 1.82) is 0 Å². The molecular weight excluding hydrogens is 402 g/mol. The molecule has 1 saturated carbocycles. The normalized spacial score (nSPS) is 20.0. The van der Waals surface area contributed by atoms with Crippen LogP contribution in [0.2, 0.25) is 0 Å². The van der Waals surface area contributed by atoms with E-state index >= 15 is 0 Å². The summed E-state index contributed by atoms with van der Waals surface area (Å²) in [5, 5.41) is 19.5. The standard InChI is InChI=1S/C23H31NO5S/c1-6-17(21(26)27)24(20(25)15-9-7-14(2)8-10-15)18-13-16(11-12-23(3,4)5)30-19(18)22(28)29/h13-15,17H,6-10H2,1-5H3,(H,26,27)(H,28,29)/t14?,15?,17-/m0/s1. The molecule has 1 aliphatic carbocycles. The molecule has 0 bridgehead atoms. The van der Waals surface area contributed by atoms with Gasteiger partial charge < -0.3 is 10.2 Å². The summed E-state index contributed by atoms with van der Waals surface area (Å²) in [6, 6.07) is 0.440. The minimum Gasteiger partial charge on any atom is -0.480 e. The molecule has 0 saturated heterocycles. The first-order valence-corrected chi connectivity index (χ1v) is 11.2. The van der Waals surface area contributed by atoms with Crippen LogP contribution in [0.1, 0.15) is 81.3 Å². The van der Waals surface area contributed by atoms with Crippen molar-refractivity contribution in [2.75, 3.05) is 4.90 Å². The van der Waals surface area contributed by atoms with Gasteiger partial charge in [-0.2, -0.15) is 0 Å². The van der Waals surface area contributed by atoms with E-state index in [-0.39, 0.29) is 34.2 Å². The van der Waals surface area contributed by atoms with Gasteiger partial charge in [-0.1, -0.05) is 25.7 Å². The topological polar surface area (TPSA) is 94.9 Å². The van der Waals surface area contributed by atoms with Gasteiger partial charge in [0.25, 0.3) is 0 Å². The molecule has 1 aromatic heterocycles. The van der Waals surface area contributed by atoms with E-state index < -0.39 is 18.0 Å². The zero-order chi connectivity index (χ0) is 22.6. The Morgan fingerprint density at radius 1 is 1.20 bits per heavy atom. The average Bonchev–Trinajstić information content (AvgIpc) is 3.07. The summed E-state index contributed by atoms with van der Waals surface area (Å²) >= 11 is 0.981. The molecule has 0 aromatic carbocycles. The molecular formula is C23H31NO5S. The van der Waals surface area contributed by atoms with E-state index in [2.05, 4.69) is 18.8 Å². The van der Waals surface area contributed by atoms with Gasteiger partial charge in [0.05, 0.1) is 10.6 Å². The van der Waals surface area contributed by atoms with E-state index in [1.807, 2.05) is 20.8 Å². The Kier molecular flexibility index (Phi) is 7.70. The number of nitrogens with zero attached hydrogens (tertiary/aromatic N) is 1. The van der Waals surface area contributed by atoms with Crippen molar-refractivity contribution in [1.82, 2.24) is 0 Å². The summed E-state index contributed by atoms with van der Waals surface area (Å²) in [4.78, 5) is 39.0. The molecule has 1 fully saturated rings. The van der Waals surface area contributed by atoms with Gasteiger partial charge in [-0.05, 0) is 64.9 Å². The van der Waals surface area contributed by atoms with Crippen molar-refractivity contribution in [3.8, 4) is 11.8 Å². The number of rotatable bonds is 6. The van der Waals surface area contributed by atoms with E-state index in [1.165, 1.54) is 4.90 Å². The number of anilines is 1. The van der Waals surface area contributed by atoms with Crippen molar-refractivity contribution in [2.45, 2.75) is 72.8 Å². The van der Waals surface area contributed by atoms with Crippen LogP contribution in [0.15, 0.2) is 6.07 Å². The minimum absolute atomic E-state index is 0.0505. The predicted molar refractivity (Wildman–Crippen MR) is 118 cm³/mol. The number of aromatic carboxylic acids is 1. The lowest BCUT2D eigenvalue weighted by Crippen LogP contribution is -2.48. The van der Waals surface area contributed by atoms with Crippen LogP contribution < -0.4 is 4.90 Å². The molecule has 1 amide bonds. The maximum atomic E-state index is 13.4. The highest BCUT2D eigenvalue weighted by molar-refractivity contribution is 7.15. The third kappa shape index (κ3) is 5.85. The average molecular weight is 434 g/mol. The number of aliphatic carboxylic acids is 1. The quantitative estimate of drug-likeness (QED) is 0.624. The summed E-state index contributed by atoms with van der Waals surface area (Å²) < 4.78 is 0. The van der Waals surface area contributed by atoms with Gasteiger partial charge in [0.1, 0.15) is 10.9 Å². The van der Waals surface area contributed by atoms with Gasteiger partial charge in [-0.15, -0.1) is 11.3 Å². The summed E-state index contributed by atoms with van der Waals surface area (Å²) in [5.74, 6) is 3.68. The molecule has 164 valence electrons. The van der Waals surface area contributed by atoms with Gasteiger partial charge in [0, 0.05) is 11.3 Å². The zero-order valence-electron chi connectivity index (χ0n) is 18.3. The van der Waals surface area contributed by atoms with E-state index in [1.54, 1.807) is 13.0 Å². The summed E-state index contributed by atoms with van der Waals surface area (Å²) in [6.07, 6.45) is 3.38. The largest absolute Gasteiger partial charge is 0.480 e. The fourth-order valence-corrected chi connectivity index (χ4v) is 4.48. The number of carbonyl (C=O) groups is 3. The van der Waals surface area contributed by atoms with Crippen LogP contribution in [0, 0.1) is 29.1 Å². The Hall–Kier alpha value is -2.33. The first kappa shape index (κ1) is 23.9. The molecule has 2 N–H and O–H groups in total. The fraction of sp³-hybridized carbons (Fsp3) is 0.609. The van der Waals surface area contributed by atoms with Gasteiger partial charge in [-0.25, -0.2) is 9.59 Å². The molecule has 7 heteroatoms. The van der Waals surface area contributed by atoms with Crippen molar-refractivity contribution in [3.05, 3.63) is 15.8 Å². The van der Waals surface area contributed by atoms with Crippen LogP contribution in [0.3, 0.4) is 0 Å². The van der Waals surface area contributed by atoms with Crippen molar-refractivity contribution in [3.63, 3.8) is 0 Å². The molecule has 2 rings (SSSR count). The second-order valence-corrected chi connectivity index (χ2v) is 10.1. The van der Waals surface area contributed by atoms with Crippen LogP contribution >= 0.6 is 11.3 Å². The number of carboxylic acids is 2. The molecule has 0 radical (unpaired) electrons. The molecule has 0 spiro atoms. The van der Waals surface area contributed by atoms with Gasteiger partial charge >= 0.3 is 11.9 Å². The van der Waals surface area contributed by atoms with E-state index in [4.69, 9.17) is 0 Å². The minimum atomic E-state index is -1.19. The lowest BCUT2D eigenvalue weighted by Gasteiger charge is -2.34. The summed E-state index contributed by atoms with van der Waals surface area (Å²) in [6.45, 7) is 9.68. The van der Waals surface area contributed by atoms with Crippen LogP contribution in [-0.2, 0) is 9.59 Å². The Bertz CT molecular complexity index is 862. The highest BCUT2D eigenvalue weighted by Gasteiger charge is 2.38. The number of carboxylic acid groups (broad SMARTS) is 2. The lowest BCUT2D eigenvalue weighted by atomic mass is 9.82. The summed E-state index contributed by atoms with van der Waals surface area (Å²) in [7, 11) is 0. The van der Waals surface area contributed by atoms with Gasteiger partial charge in [0.2, 0.25) is 5.91 Å². The summed E-state index contributed by atoms with van der Waals surface area (Å²) in [5.41, 5.74) is -0.127. The number of hydrogen-bond acceptors (Lipinski definition) is 4. The molecule has 1 aliphatic rings. The van der Waals surface area contributed by atoms with Crippen molar-refractivity contribution in [2.24, 2.45) is 17.3 Å². The highest BCUT2D eigenvalue weighted by Crippen LogP contribution is 2.36. The monoisotopic (exact) mass is 433 g/mol. The van der Waals surface area contributed by atoms with Crippen molar-refractivity contribution < 1.29 is 24.6 Å². The third-order valence-electron chi connectivity index (χ3n) is 5.31. The predicted octanol–water partition coefficient (Wildman–Crippen LogP) is 4.87. The maximum Gasteiger partial charge on any atom is 0.348 e. The first-order valence-electron chi connectivity index (χ1n) is 10.4. The fourth-order valence-electron chi connectivity index (χ4n) is 3.64. The number of carbonyl (C=O) groups excluding carboxylic acids is 1. The Labute approximate surface area is 182 Å². The molecule has 30 heavy (non-hydrogen) atoms. The SMILES string of the molecule is CC[C@@H](C(=O)O)N(C(=O)C1CCC(C)CC1)c1cc(C#CC(C)(C)C)sc1C(=O)O. The van der Waals surface area contributed by atoms with Gasteiger partial charge in [0.15, 0.2) is 0 Å². The number of thiophene rings is 1. The second kappa shape index (κ2) is 9.65. The molecule has 0 unspecified atom stereocenters. The van der Waals surface area contributed by atoms with E-state index in [0.29, 0.717) is 23.6 Å². The van der Waals surface area contributed by atoms with Crippen LogP contribution in [0.5, 0.6) is 0 Å². The third-order valence-corrected chi connectivity index (χ3v) is 6.34. The van der Waals surface area contributed by atoms with Gasteiger partial charge in [-0.3, -0.25) is 9.69 Å². The number of hydrogen-bond donors (Lipinski definition) is 2. The van der Waals surface area contributed by atoms with Crippen LogP contribution in [0.25, 0.3) is 0 Å². The van der Waals surface area contributed by atoms with Crippen molar-refractivity contribution >= 4 is 34.9 Å². The Morgan fingerprint density at radius 3 is 2.27 bits per heavy atom. The molecule has 1 atom stereocenters. The second-order valence-electron chi connectivity index (χ2n) is 9.06. The molecule has 6 nitrogen and oxygen atoms in total. The Morgan fingerprint density at radius 2 is 1.80 bits per heavy atom. The maximum absolute atomic E-state index is 13.4. The molecule has 0 aliphatic heterocycles. The lowest BCUT2D eigenvalue weighted by molar-refractivity contribution is -0.140. The smallest absolute Gasteiger partial charge is 0.348 e. The first-order chi connectivity index (χ1) is 13.9. The van der Waals surface area contributed by atoms with Crippen LogP contribution in [-0.4, -0.2) is 34.1 Å². The van der Waals surface area contributed by atoms with E-state index in [0.717, 1.165) is 24.2 Å².